The lowest BCUT2D eigenvalue weighted by atomic mass is 9.97. The molecule has 1 atom stereocenters. The van der Waals surface area contributed by atoms with E-state index in [2.05, 4.69) is 28.8 Å². The molecule has 0 spiro atoms. The van der Waals surface area contributed by atoms with Gasteiger partial charge in [0.1, 0.15) is 0 Å². The third-order valence-corrected chi connectivity index (χ3v) is 5.91. The van der Waals surface area contributed by atoms with Crippen LogP contribution in [0.1, 0.15) is 40.0 Å². The number of likely N-dealkylation sites (tertiary alicyclic amines) is 1. The maximum atomic E-state index is 12.1. The first-order chi connectivity index (χ1) is 9.49. The van der Waals surface area contributed by atoms with Gasteiger partial charge in [0.15, 0.2) is 0 Å². The van der Waals surface area contributed by atoms with E-state index >= 15 is 0 Å². The van der Waals surface area contributed by atoms with Crippen molar-refractivity contribution in [2.75, 3.05) is 39.3 Å². The molecule has 0 aliphatic carbocycles. The Morgan fingerprint density at radius 2 is 1.90 bits per heavy atom. The van der Waals surface area contributed by atoms with Crippen LogP contribution in [0.5, 0.6) is 0 Å². The Labute approximate surface area is 124 Å². The molecule has 0 bridgehead atoms. The van der Waals surface area contributed by atoms with E-state index in [4.69, 9.17) is 0 Å². The molecule has 120 valence electrons. The second kappa shape index (κ2) is 8.97. The van der Waals surface area contributed by atoms with Crippen molar-refractivity contribution in [3.63, 3.8) is 0 Å². The smallest absolute Gasteiger partial charge is 0.215 e. The summed E-state index contributed by atoms with van der Waals surface area (Å²) in [6.45, 7) is 11.3. The average molecular weight is 305 g/mol. The van der Waals surface area contributed by atoms with E-state index in [9.17, 15) is 8.42 Å². The minimum Gasteiger partial charge on any atom is -0.315 e. The number of piperidine rings is 1. The number of hydrogen-bond acceptors (Lipinski definition) is 4. The van der Waals surface area contributed by atoms with Crippen molar-refractivity contribution >= 4 is 10.0 Å². The number of hydrogen-bond donors (Lipinski definition) is 2. The molecular weight excluding hydrogens is 274 g/mol. The van der Waals surface area contributed by atoms with Gasteiger partial charge in [-0.1, -0.05) is 13.8 Å². The number of nitrogens with one attached hydrogen (secondary N) is 2. The molecule has 1 aliphatic heterocycles. The molecule has 0 radical (unpaired) electrons. The van der Waals surface area contributed by atoms with E-state index in [1.165, 1.54) is 0 Å². The quantitative estimate of drug-likeness (QED) is 0.625. The summed E-state index contributed by atoms with van der Waals surface area (Å²) in [6, 6.07) is 0. The van der Waals surface area contributed by atoms with Crippen molar-refractivity contribution in [1.29, 1.82) is 0 Å². The van der Waals surface area contributed by atoms with E-state index in [0.717, 1.165) is 45.4 Å². The van der Waals surface area contributed by atoms with Gasteiger partial charge in [-0.25, -0.2) is 13.1 Å². The fourth-order valence-corrected chi connectivity index (χ4v) is 3.56. The Morgan fingerprint density at radius 1 is 1.25 bits per heavy atom. The van der Waals surface area contributed by atoms with Crippen LogP contribution in [0.25, 0.3) is 0 Å². The fourth-order valence-electron chi connectivity index (χ4n) is 2.47. The largest absolute Gasteiger partial charge is 0.315 e. The summed E-state index contributed by atoms with van der Waals surface area (Å²) in [7, 11) is -3.19. The van der Waals surface area contributed by atoms with Gasteiger partial charge in [-0.15, -0.1) is 0 Å². The van der Waals surface area contributed by atoms with E-state index in [-0.39, 0.29) is 5.25 Å². The van der Waals surface area contributed by atoms with E-state index in [0.29, 0.717) is 19.0 Å². The molecular formula is C14H31N3O2S. The molecule has 6 heteroatoms. The summed E-state index contributed by atoms with van der Waals surface area (Å²) in [5.74, 6) is 0.489. The molecule has 1 aliphatic rings. The zero-order chi connectivity index (χ0) is 15.0. The molecule has 0 aromatic heterocycles. The minimum atomic E-state index is -3.19. The third-order valence-electron chi connectivity index (χ3n) is 4.12. The molecule has 1 rings (SSSR count). The molecule has 2 N–H and O–H groups in total. The summed E-state index contributed by atoms with van der Waals surface area (Å²) in [4.78, 5) is 2.42. The Hall–Kier alpha value is -0.170. The molecule has 1 unspecified atom stereocenters. The molecule has 20 heavy (non-hydrogen) atoms. The second-order valence-electron chi connectivity index (χ2n) is 5.79. The Bertz CT molecular complexity index is 351. The van der Waals surface area contributed by atoms with Gasteiger partial charge in [-0.05, 0) is 58.3 Å². The van der Waals surface area contributed by atoms with Crippen LogP contribution in [0.15, 0.2) is 0 Å². The highest BCUT2D eigenvalue weighted by atomic mass is 32.2. The van der Waals surface area contributed by atoms with Crippen molar-refractivity contribution < 1.29 is 8.42 Å². The lowest BCUT2D eigenvalue weighted by Gasteiger charge is -2.31. The number of nitrogens with zero attached hydrogens (tertiary/aromatic N) is 1. The molecule has 0 aromatic carbocycles. The molecule has 1 saturated heterocycles. The van der Waals surface area contributed by atoms with Crippen molar-refractivity contribution in [2.24, 2.45) is 5.92 Å². The highest BCUT2D eigenvalue weighted by Gasteiger charge is 2.23. The molecule has 1 fully saturated rings. The van der Waals surface area contributed by atoms with Crippen molar-refractivity contribution in [3.8, 4) is 0 Å². The Morgan fingerprint density at radius 3 is 2.45 bits per heavy atom. The van der Waals surface area contributed by atoms with E-state index < -0.39 is 10.0 Å². The van der Waals surface area contributed by atoms with Crippen molar-refractivity contribution in [3.05, 3.63) is 0 Å². The monoisotopic (exact) mass is 305 g/mol. The number of rotatable bonds is 9. The van der Waals surface area contributed by atoms with Gasteiger partial charge in [0.25, 0.3) is 0 Å². The highest BCUT2D eigenvalue weighted by molar-refractivity contribution is 7.90. The van der Waals surface area contributed by atoms with E-state index in [1.54, 1.807) is 6.92 Å². The average Bonchev–Trinajstić information content (AvgIpc) is 2.46. The first kappa shape index (κ1) is 17.9. The predicted molar refractivity (Wildman–Crippen MR) is 84.4 cm³/mol. The Balaban J connectivity index is 2.28. The Kier molecular flexibility index (Phi) is 8.02. The van der Waals surface area contributed by atoms with Crippen LogP contribution < -0.4 is 10.0 Å². The van der Waals surface area contributed by atoms with Gasteiger partial charge < -0.3 is 10.2 Å². The summed E-state index contributed by atoms with van der Waals surface area (Å²) >= 11 is 0. The van der Waals surface area contributed by atoms with Crippen molar-refractivity contribution in [2.45, 2.75) is 45.3 Å². The topological polar surface area (TPSA) is 61.4 Å². The molecule has 0 aromatic rings. The van der Waals surface area contributed by atoms with Crippen LogP contribution in [-0.2, 0) is 10.0 Å². The summed E-state index contributed by atoms with van der Waals surface area (Å²) in [6.07, 6.45) is 3.22. The van der Waals surface area contributed by atoms with Crippen LogP contribution >= 0.6 is 0 Å². The zero-order valence-corrected chi connectivity index (χ0v) is 14.0. The normalized spacial score (nSPS) is 20.1. The van der Waals surface area contributed by atoms with E-state index in [1.807, 2.05) is 0 Å². The van der Waals surface area contributed by atoms with Gasteiger partial charge in [-0.2, -0.15) is 0 Å². The molecule has 5 nitrogen and oxygen atoms in total. The lowest BCUT2D eigenvalue weighted by Crippen LogP contribution is -2.43. The van der Waals surface area contributed by atoms with Crippen LogP contribution in [0.4, 0.5) is 0 Å². The zero-order valence-electron chi connectivity index (χ0n) is 13.2. The second-order valence-corrected chi connectivity index (χ2v) is 7.97. The maximum absolute atomic E-state index is 12.1. The first-order valence-corrected chi connectivity index (χ1v) is 9.45. The summed E-state index contributed by atoms with van der Waals surface area (Å²) in [5, 5.41) is 2.80. The predicted octanol–water partition coefficient (Wildman–Crippen LogP) is 1.03. The van der Waals surface area contributed by atoms with Crippen LogP contribution in [0, 0.1) is 5.92 Å². The SMILES string of the molecule is CCCNCC(C)S(=O)(=O)NCC1CCN(CC)CC1. The standard InChI is InChI=1S/C14H31N3O2S/c1-4-8-15-11-13(3)20(18,19)16-12-14-6-9-17(5-2)10-7-14/h13-16H,4-12H2,1-3H3. The highest BCUT2D eigenvalue weighted by Crippen LogP contribution is 2.16. The van der Waals surface area contributed by atoms with Gasteiger partial charge in [0.05, 0.1) is 5.25 Å². The van der Waals surface area contributed by atoms with Gasteiger partial charge in [-0.3, -0.25) is 0 Å². The maximum Gasteiger partial charge on any atom is 0.215 e. The third kappa shape index (κ3) is 6.08. The van der Waals surface area contributed by atoms with Crippen LogP contribution in [-0.4, -0.2) is 57.8 Å². The molecule has 0 saturated carbocycles. The van der Waals surface area contributed by atoms with Gasteiger partial charge in [0.2, 0.25) is 10.0 Å². The summed E-state index contributed by atoms with van der Waals surface area (Å²) in [5.41, 5.74) is 0. The molecule has 1 heterocycles. The fraction of sp³-hybridized carbons (Fsp3) is 1.00. The summed E-state index contributed by atoms with van der Waals surface area (Å²) < 4.78 is 27.1. The first-order valence-electron chi connectivity index (χ1n) is 7.91. The number of sulfonamides is 1. The van der Waals surface area contributed by atoms with Gasteiger partial charge in [0, 0.05) is 13.1 Å². The lowest BCUT2D eigenvalue weighted by molar-refractivity contribution is 0.193. The minimum absolute atomic E-state index is 0.371. The molecule has 0 amide bonds. The van der Waals surface area contributed by atoms with Crippen LogP contribution in [0.2, 0.25) is 0 Å². The van der Waals surface area contributed by atoms with Crippen molar-refractivity contribution in [1.82, 2.24) is 14.9 Å². The van der Waals surface area contributed by atoms with Crippen LogP contribution in [0.3, 0.4) is 0 Å². The van der Waals surface area contributed by atoms with Gasteiger partial charge >= 0.3 is 0 Å².